The Morgan fingerprint density at radius 3 is 2.54 bits per heavy atom. The summed E-state index contributed by atoms with van der Waals surface area (Å²) in [7, 11) is 3.01. The number of hydrogen-bond donors (Lipinski definition) is 1. The van der Waals surface area contributed by atoms with Crippen LogP contribution in [0.1, 0.15) is 12.8 Å². The highest BCUT2D eigenvalue weighted by molar-refractivity contribution is 5.85. The van der Waals surface area contributed by atoms with E-state index >= 15 is 0 Å². The molecule has 0 aromatic heterocycles. The van der Waals surface area contributed by atoms with E-state index in [-0.39, 0.29) is 5.91 Å². The number of hydrogen-bond acceptors (Lipinski definition) is 4. The maximum Gasteiger partial charge on any atom is 0.266 e. The third-order valence-electron chi connectivity index (χ3n) is 2.37. The summed E-state index contributed by atoms with van der Waals surface area (Å²) in [5.74, 6) is -0.182. The van der Waals surface area contributed by atoms with Crippen LogP contribution in [0.15, 0.2) is 0 Å². The molecule has 0 bridgehead atoms. The van der Waals surface area contributed by atoms with Crippen LogP contribution in [-0.4, -0.2) is 43.9 Å². The van der Waals surface area contributed by atoms with Gasteiger partial charge in [0.25, 0.3) is 5.91 Å². The SMILES string of the molecule is CON(C)C(=O)C1(N)CCOCC1. The molecule has 0 aromatic rings. The average molecular weight is 188 g/mol. The van der Waals surface area contributed by atoms with Crippen molar-refractivity contribution >= 4 is 5.91 Å². The van der Waals surface area contributed by atoms with Crippen molar-refractivity contribution in [3.05, 3.63) is 0 Å². The van der Waals surface area contributed by atoms with E-state index in [1.165, 1.54) is 12.2 Å². The zero-order valence-corrected chi connectivity index (χ0v) is 8.08. The first-order valence-electron chi connectivity index (χ1n) is 4.29. The average Bonchev–Trinajstić information content (AvgIpc) is 2.16. The van der Waals surface area contributed by atoms with E-state index in [2.05, 4.69) is 0 Å². The molecule has 0 atom stereocenters. The second-order valence-corrected chi connectivity index (χ2v) is 3.25. The van der Waals surface area contributed by atoms with Gasteiger partial charge in [0.15, 0.2) is 0 Å². The number of likely N-dealkylation sites (N-methyl/N-ethyl adjacent to an activating group) is 1. The Hall–Kier alpha value is -0.650. The summed E-state index contributed by atoms with van der Waals surface area (Å²) < 4.78 is 5.14. The molecule has 1 aliphatic rings. The Morgan fingerprint density at radius 2 is 2.08 bits per heavy atom. The lowest BCUT2D eigenvalue weighted by molar-refractivity contribution is -0.178. The predicted molar refractivity (Wildman–Crippen MR) is 46.8 cm³/mol. The van der Waals surface area contributed by atoms with Crippen LogP contribution >= 0.6 is 0 Å². The van der Waals surface area contributed by atoms with E-state index in [9.17, 15) is 4.79 Å². The highest BCUT2D eigenvalue weighted by atomic mass is 16.7. The number of amides is 1. The van der Waals surface area contributed by atoms with Gasteiger partial charge in [-0.05, 0) is 12.8 Å². The van der Waals surface area contributed by atoms with Gasteiger partial charge in [-0.3, -0.25) is 9.63 Å². The van der Waals surface area contributed by atoms with Gasteiger partial charge in [-0.2, -0.15) is 0 Å². The summed E-state index contributed by atoms with van der Waals surface area (Å²) in [4.78, 5) is 16.5. The number of ether oxygens (including phenoxy) is 1. The smallest absolute Gasteiger partial charge is 0.266 e. The van der Waals surface area contributed by atoms with E-state index < -0.39 is 5.54 Å². The Morgan fingerprint density at radius 1 is 1.54 bits per heavy atom. The van der Waals surface area contributed by atoms with Crippen LogP contribution in [0.25, 0.3) is 0 Å². The highest BCUT2D eigenvalue weighted by Gasteiger charge is 2.38. The Balaban J connectivity index is 2.61. The number of nitrogens with two attached hydrogens (primary N) is 1. The van der Waals surface area contributed by atoms with Crippen molar-refractivity contribution in [2.45, 2.75) is 18.4 Å². The molecule has 1 rings (SSSR count). The summed E-state index contributed by atoms with van der Waals surface area (Å²) in [5, 5.41) is 1.17. The first kappa shape index (κ1) is 10.4. The van der Waals surface area contributed by atoms with Gasteiger partial charge in [0.1, 0.15) is 5.54 Å². The fourth-order valence-electron chi connectivity index (χ4n) is 1.35. The van der Waals surface area contributed by atoms with E-state index in [0.29, 0.717) is 26.1 Å². The van der Waals surface area contributed by atoms with Crippen LogP contribution in [0.2, 0.25) is 0 Å². The molecule has 0 aromatic carbocycles. The van der Waals surface area contributed by atoms with Crippen molar-refractivity contribution in [1.82, 2.24) is 5.06 Å². The second-order valence-electron chi connectivity index (χ2n) is 3.25. The molecule has 5 nitrogen and oxygen atoms in total. The molecule has 0 spiro atoms. The van der Waals surface area contributed by atoms with Crippen LogP contribution in [0.4, 0.5) is 0 Å². The fraction of sp³-hybridized carbons (Fsp3) is 0.875. The van der Waals surface area contributed by atoms with E-state index in [0.717, 1.165) is 0 Å². The lowest BCUT2D eigenvalue weighted by Gasteiger charge is -2.34. The number of carbonyl (C=O) groups is 1. The highest BCUT2D eigenvalue weighted by Crippen LogP contribution is 2.19. The molecule has 1 fully saturated rings. The van der Waals surface area contributed by atoms with Crippen molar-refractivity contribution < 1.29 is 14.4 Å². The van der Waals surface area contributed by atoms with Gasteiger partial charge in [-0.25, -0.2) is 5.06 Å². The van der Waals surface area contributed by atoms with Crippen molar-refractivity contribution in [3.63, 3.8) is 0 Å². The normalized spacial score (nSPS) is 21.2. The molecule has 0 radical (unpaired) electrons. The molecule has 1 heterocycles. The van der Waals surface area contributed by atoms with Crippen LogP contribution in [0.5, 0.6) is 0 Å². The van der Waals surface area contributed by atoms with E-state index in [1.807, 2.05) is 0 Å². The predicted octanol–water partition coefficient (Wildman–Crippen LogP) is -0.486. The molecule has 0 saturated carbocycles. The minimum atomic E-state index is -0.803. The lowest BCUT2D eigenvalue weighted by Crippen LogP contribution is -2.56. The van der Waals surface area contributed by atoms with E-state index in [1.54, 1.807) is 7.05 Å². The zero-order chi connectivity index (χ0) is 9.90. The van der Waals surface area contributed by atoms with Crippen LogP contribution in [-0.2, 0) is 14.4 Å². The van der Waals surface area contributed by atoms with Crippen LogP contribution < -0.4 is 5.73 Å². The van der Waals surface area contributed by atoms with Crippen molar-refractivity contribution in [1.29, 1.82) is 0 Å². The van der Waals surface area contributed by atoms with Gasteiger partial charge < -0.3 is 10.5 Å². The van der Waals surface area contributed by atoms with Gasteiger partial charge in [0, 0.05) is 20.3 Å². The third kappa shape index (κ3) is 2.18. The fourth-order valence-corrected chi connectivity index (χ4v) is 1.35. The van der Waals surface area contributed by atoms with Crippen molar-refractivity contribution in [2.75, 3.05) is 27.4 Å². The summed E-state index contributed by atoms with van der Waals surface area (Å²) in [6.45, 7) is 1.08. The summed E-state index contributed by atoms with van der Waals surface area (Å²) >= 11 is 0. The van der Waals surface area contributed by atoms with Crippen LogP contribution in [0.3, 0.4) is 0 Å². The zero-order valence-electron chi connectivity index (χ0n) is 8.08. The van der Waals surface area contributed by atoms with Gasteiger partial charge >= 0.3 is 0 Å². The third-order valence-corrected chi connectivity index (χ3v) is 2.37. The molecule has 2 N–H and O–H groups in total. The van der Waals surface area contributed by atoms with Gasteiger partial charge in [0.05, 0.1) is 7.11 Å². The first-order chi connectivity index (χ1) is 6.10. The van der Waals surface area contributed by atoms with Crippen molar-refractivity contribution in [3.8, 4) is 0 Å². The van der Waals surface area contributed by atoms with Gasteiger partial charge in [-0.1, -0.05) is 0 Å². The minimum Gasteiger partial charge on any atom is -0.381 e. The Bertz CT molecular complexity index is 190. The number of hydroxylamine groups is 2. The van der Waals surface area contributed by atoms with E-state index in [4.69, 9.17) is 15.3 Å². The Labute approximate surface area is 77.7 Å². The minimum absolute atomic E-state index is 0.182. The molecular weight excluding hydrogens is 172 g/mol. The molecule has 5 heteroatoms. The van der Waals surface area contributed by atoms with Gasteiger partial charge in [0.2, 0.25) is 0 Å². The van der Waals surface area contributed by atoms with Crippen molar-refractivity contribution in [2.24, 2.45) is 5.73 Å². The lowest BCUT2D eigenvalue weighted by atomic mass is 9.90. The maximum absolute atomic E-state index is 11.7. The van der Waals surface area contributed by atoms with Gasteiger partial charge in [-0.15, -0.1) is 0 Å². The molecule has 0 unspecified atom stereocenters. The number of carbonyl (C=O) groups excluding carboxylic acids is 1. The molecule has 1 aliphatic heterocycles. The molecular formula is C8H16N2O3. The summed E-state index contributed by atoms with van der Waals surface area (Å²) in [5.41, 5.74) is 5.13. The topological polar surface area (TPSA) is 64.8 Å². The summed E-state index contributed by atoms with van der Waals surface area (Å²) in [6.07, 6.45) is 1.11. The molecule has 1 amide bonds. The summed E-state index contributed by atoms with van der Waals surface area (Å²) in [6, 6.07) is 0. The molecule has 0 aliphatic carbocycles. The van der Waals surface area contributed by atoms with Crippen LogP contribution in [0, 0.1) is 0 Å². The quantitative estimate of drug-likeness (QED) is 0.594. The molecule has 76 valence electrons. The maximum atomic E-state index is 11.7. The largest absolute Gasteiger partial charge is 0.381 e. The number of nitrogens with zero attached hydrogens (tertiary/aromatic N) is 1. The molecule has 1 saturated heterocycles. The standard InChI is InChI=1S/C8H16N2O3/c1-10(12-2)7(11)8(9)3-5-13-6-4-8/h3-6,9H2,1-2H3. The molecule has 13 heavy (non-hydrogen) atoms. The number of rotatable bonds is 2. The second kappa shape index (κ2) is 4.04. The first-order valence-corrected chi connectivity index (χ1v) is 4.29. The Kier molecular flexibility index (Phi) is 3.24. The monoisotopic (exact) mass is 188 g/mol.